The molecule has 0 spiro atoms. The molecular formula is C43H29N. The second-order valence-electron chi connectivity index (χ2n) is 12.9. The number of aromatic nitrogens is 1. The zero-order chi connectivity index (χ0) is 29.2. The summed E-state index contributed by atoms with van der Waals surface area (Å²) in [7, 11) is 0. The van der Waals surface area contributed by atoms with Crippen LogP contribution in [0.1, 0.15) is 25.0 Å². The normalized spacial score (nSPS) is 13.9. The number of para-hydroxylation sites is 1. The molecule has 0 aliphatic heterocycles. The first-order chi connectivity index (χ1) is 21.6. The zero-order valence-corrected chi connectivity index (χ0v) is 24.7. The van der Waals surface area contributed by atoms with E-state index < -0.39 is 0 Å². The summed E-state index contributed by atoms with van der Waals surface area (Å²) in [4.78, 5) is 0. The van der Waals surface area contributed by atoms with Crippen LogP contribution in [0.5, 0.6) is 0 Å². The molecule has 0 atom stereocenters. The summed E-state index contributed by atoms with van der Waals surface area (Å²) in [6.07, 6.45) is 0. The largest absolute Gasteiger partial charge is 0.309 e. The summed E-state index contributed by atoms with van der Waals surface area (Å²) in [5, 5.41) is 5.38. The topological polar surface area (TPSA) is 4.93 Å². The standard InChI is InChI=1S/C43H29N/c1-43(2)37-15-5-3-11-31(37)34-23-24-39-41(42(34)43)35-12-4-6-16-38(35)44(39)29-20-17-26(18-21-29)28-19-22-30-32-13-7-9-27-10-8-14-33(40(27)32)36(30)25-28/h3-25H,1-2H3. The molecule has 0 saturated heterocycles. The lowest BCUT2D eigenvalue weighted by Crippen LogP contribution is -2.15. The van der Waals surface area contributed by atoms with Crippen molar-refractivity contribution in [2.24, 2.45) is 0 Å². The third-order valence-corrected chi connectivity index (χ3v) is 10.3. The summed E-state index contributed by atoms with van der Waals surface area (Å²) in [6, 6.07) is 51.9. The van der Waals surface area contributed by atoms with E-state index in [1.165, 1.54) is 93.9 Å². The van der Waals surface area contributed by atoms with E-state index in [0.717, 1.165) is 0 Å². The average Bonchev–Trinajstić information content (AvgIpc) is 3.66. The van der Waals surface area contributed by atoms with Crippen molar-refractivity contribution in [1.29, 1.82) is 0 Å². The van der Waals surface area contributed by atoms with Crippen molar-refractivity contribution in [3.8, 4) is 50.2 Å². The molecule has 1 aromatic heterocycles. The lowest BCUT2D eigenvalue weighted by Gasteiger charge is -2.22. The molecule has 1 heteroatoms. The Kier molecular flexibility index (Phi) is 4.58. The highest BCUT2D eigenvalue weighted by molar-refractivity contribution is 6.16. The second-order valence-corrected chi connectivity index (χ2v) is 12.9. The Morgan fingerprint density at radius 2 is 1.14 bits per heavy atom. The van der Waals surface area contributed by atoms with E-state index in [4.69, 9.17) is 0 Å². The molecule has 0 radical (unpaired) electrons. The summed E-state index contributed by atoms with van der Waals surface area (Å²) in [6.45, 7) is 4.77. The number of hydrogen-bond acceptors (Lipinski definition) is 0. The summed E-state index contributed by atoms with van der Waals surface area (Å²) >= 11 is 0. The number of fused-ring (bicyclic) bond motifs is 10. The van der Waals surface area contributed by atoms with Gasteiger partial charge in [-0.1, -0.05) is 123 Å². The van der Waals surface area contributed by atoms with Gasteiger partial charge in [0.15, 0.2) is 0 Å². The van der Waals surface area contributed by atoms with Gasteiger partial charge in [0.2, 0.25) is 0 Å². The SMILES string of the molecule is CC1(C)c2ccccc2-c2ccc3c(c21)c1ccccc1n3-c1ccc(-c2ccc3c(c2)-c2cccc4cccc-3c24)cc1. The maximum atomic E-state index is 2.45. The van der Waals surface area contributed by atoms with Crippen molar-refractivity contribution in [3.63, 3.8) is 0 Å². The van der Waals surface area contributed by atoms with Crippen molar-refractivity contribution in [2.75, 3.05) is 0 Å². The first-order valence-corrected chi connectivity index (χ1v) is 15.5. The molecule has 7 aromatic carbocycles. The van der Waals surface area contributed by atoms with Crippen molar-refractivity contribution in [2.45, 2.75) is 19.3 Å². The van der Waals surface area contributed by atoms with Crippen LogP contribution in [0.2, 0.25) is 0 Å². The molecule has 1 nitrogen and oxygen atoms in total. The van der Waals surface area contributed by atoms with Gasteiger partial charge in [-0.25, -0.2) is 0 Å². The van der Waals surface area contributed by atoms with E-state index >= 15 is 0 Å². The molecule has 8 aromatic rings. The lowest BCUT2D eigenvalue weighted by atomic mass is 9.80. The maximum Gasteiger partial charge on any atom is 0.0544 e. The van der Waals surface area contributed by atoms with E-state index in [-0.39, 0.29) is 5.41 Å². The minimum Gasteiger partial charge on any atom is -0.309 e. The molecule has 0 unspecified atom stereocenters. The van der Waals surface area contributed by atoms with Crippen LogP contribution in [-0.4, -0.2) is 4.57 Å². The number of nitrogens with zero attached hydrogens (tertiary/aromatic N) is 1. The third-order valence-electron chi connectivity index (χ3n) is 10.3. The van der Waals surface area contributed by atoms with Crippen LogP contribution in [0.4, 0.5) is 0 Å². The molecule has 10 rings (SSSR count). The lowest BCUT2D eigenvalue weighted by molar-refractivity contribution is 0.666. The molecule has 2 aliphatic rings. The Balaban J connectivity index is 1.13. The van der Waals surface area contributed by atoms with Gasteiger partial charge < -0.3 is 4.57 Å². The van der Waals surface area contributed by atoms with Crippen molar-refractivity contribution < 1.29 is 0 Å². The molecule has 0 N–H and O–H groups in total. The minimum atomic E-state index is -0.0677. The van der Waals surface area contributed by atoms with E-state index in [9.17, 15) is 0 Å². The Morgan fingerprint density at radius 1 is 0.455 bits per heavy atom. The van der Waals surface area contributed by atoms with Gasteiger partial charge in [0.1, 0.15) is 0 Å². The molecule has 0 bridgehead atoms. The smallest absolute Gasteiger partial charge is 0.0544 e. The Labute approximate surface area is 256 Å². The van der Waals surface area contributed by atoms with Gasteiger partial charge >= 0.3 is 0 Å². The quantitative estimate of drug-likeness (QED) is 0.198. The van der Waals surface area contributed by atoms with E-state index in [1.54, 1.807) is 0 Å². The highest BCUT2D eigenvalue weighted by Gasteiger charge is 2.38. The average molecular weight is 560 g/mol. The van der Waals surface area contributed by atoms with Gasteiger partial charge in [-0.15, -0.1) is 0 Å². The van der Waals surface area contributed by atoms with Gasteiger partial charge in [-0.05, 0) is 96.7 Å². The fourth-order valence-corrected chi connectivity index (χ4v) is 8.38. The Morgan fingerprint density at radius 3 is 1.98 bits per heavy atom. The highest BCUT2D eigenvalue weighted by atomic mass is 15.0. The first-order valence-electron chi connectivity index (χ1n) is 15.5. The van der Waals surface area contributed by atoms with Gasteiger partial charge in [0.25, 0.3) is 0 Å². The number of benzene rings is 7. The van der Waals surface area contributed by atoms with Crippen LogP contribution in [0.25, 0.3) is 82.8 Å². The predicted octanol–water partition coefficient (Wildman–Crippen LogP) is 11.6. The molecule has 206 valence electrons. The fraction of sp³-hybridized carbons (Fsp3) is 0.0698. The molecule has 0 fully saturated rings. The fourth-order valence-electron chi connectivity index (χ4n) is 8.38. The summed E-state index contributed by atoms with van der Waals surface area (Å²) in [5.74, 6) is 0. The van der Waals surface area contributed by atoms with E-state index in [2.05, 4.69) is 158 Å². The Hall–Kier alpha value is -5.40. The van der Waals surface area contributed by atoms with Crippen LogP contribution in [-0.2, 0) is 5.41 Å². The maximum absolute atomic E-state index is 2.45. The first kappa shape index (κ1) is 24.1. The highest BCUT2D eigenvalue weighted by Crippen LogP contribution is 2.53. The predicted molar refractivity (Wildman–Crippen MR) is 186 cm³/mol. The third kappa shape index (κ3) is 2.99. The molecule has 0 amide bonds. The van der Waals surface area contributed by atoms with Gasteiger partial charge in [-0.2, -0.15) is 0 Å². The van der Waals surface area contributed by atoms with E-state index in [1.807, 2.05) is 0 Å². The van der Waals surface area contributed by atoms with Crippen LogP contribution >= 0.6 is 0 Å². The van der Waals surface area contributed by atoms with Crippen LogP contribution in [0, 0.1) is 0 Å². The van der Waals surface area contributed by atoms with Gasteiger partial charge in [0, 0.05) is 21.9 Å². The molecular weight excluding hydrogens is 530 g/mol. The number of hydrogen-bond donors (Lipinski definition) is 0. The minimum absolute atomic E-state index is 0.0677. The second kappa shape index (κ2) is 8.36. The molecule has 2 aliphatic carbocycles. The number of rotatable bonds is 2. The van der Waals surface area contributed by atoms with Crippen LogP contribution in [0.3, 0.4) is 0 Å². The van der Waals surface area contributed by atoms with Crippen molar-refractivity contribution in [3.05, 3.63) is 151 Å². The Bertz CT molecular complexity index is 2500. The molecule has 0 saturated carbocycles. The summed E-state index contributed by atoms with van der Waals surface area (Å²) in [5.41, 5.74) is 17.1. The van der Waals surface area contributed by atoms with Crippen molar-refractivity contribution in [1.82, 2.24) is 4.57 Å². The van der Waals surface area contributed by atoms with Gasteiger partial charge in [0.05, 0.1) is 11.0 Å². The van der Waals surface area contributed by atoms with Gasteiger partial charge in [-0.3, -0.25) is 0 Å². The van der Waals surface area contributed by atoms with Crippen molar-refractivity contribution >= 4 is 32.6 Å². The monoisotopic (exact) mass is 559 g/mol. The van der Waals surface area contributed by atoms with Crippen LogP contribution in [0.15, 0.2) is 140 Å². The summed E-state index contributed by atoms with van der Waals surface area (Å²) < 4.78 is 2.45. The van der Waals surface area contributed by atoms with Crippen LogP contribution < -0.4 is 0 Å². The van der Waals surface area contributed by atoms with E-state index in [0.29, 0.717) is 0 Å². The molecule has 1 heterocycles. The molecule has 44 heavy (non-hydrogen) atoms. The zero-order valence-electron chi connectivity index (χ0n) is 24.7.